The lowest BCUT2D eigenvalue weighted by atomic mass is 10.1. The largest absolute Gasteiger partial charge is 0.465 e. The average Bonchev–Trinajstić information content (AvgIpc) is 2.45. The van der Waals surface area contributed by atoms with Crippen molar-refractivity contribution in [1.29, 1.82) is 0 Å². The molecule has 0 fully saturated rings. The molecule has 104 valence electrons. The van der Waals surface area contributed by atoms with Crippen molar-refractivity contribution in [3.8, 4) is 0 Å². The first-order valence-electron chi connectivity index (χ1n) is 6.03. The third kappa shape index (κ3) is 2.93. The SMILES string of the molecule is COC(=O)c1ccc(Nc2cccc(C)c2Br)c(N)c1. The summed E-state index contributed by atoms with van der Waals surface area (Å²) in [6.45, 7) is 2.01. The van der Waals surface area contributed by atoms with Gasteiger partial charge in [-0.05, 0) is 52.7 Å². The molecule has 0 aliphatic carbocycles. The highest BCUT2D eigenvalue weighted by Gasteiger charge is 2.09. The molecule has 0 heterocycles. The molecule has 0 saturated heterocycles. The lowest BCUT2D eigenvalue weighted by molar-refractivity contribution is 0.0601. The molecule has 2 rings (SSSR count). The summed E-state index contributed by atoms with van der Waals surface area (Å²) in [7, 11) is 1.34. The van der Waals surface area contributed by atoms with Crippen molar-refractivity contribution in [2.45, 2.75) is 6.92 Å². The van der Waals surface area contributed by atoms with Crippen LogP contribution in [-0.4, -0.2) is 13.1 Å². The van der Waals surface area contributed by atoms with E-state index in [1.165, 1.54) is 7.11 Å². The zero-order valence-corrected chi connectivity index (χ0v) is 12.8. The molecule has 4 nitrogen and oxygen atoms in total. The van der Waals surface area contributed by atoms with Crippen molar-refractivity contribution < 1.29 is 9.53 Å². The highest BCUT2D eigenvalue weighted by Crippen LogP contribution is 2.31. The van der Waals surface area contributed by atoms with E-state index in [-0.39, 0.29) is 0 Å². The standard InChI is InChI=1S/C15H15BrN2O2/c1-9-4-3-5-13(14(9)16)18-12-7-6-10(8-11(12)17)15(19)20-2/h3-8,18H,17H2,1-2H3. The molecular formula is C15H15BrN2O2. The number of halogens is 1. The minimum atomic E-state index is -0.403. The van der Waals surface area contributed by atoms with Gasteiger partial charge in [-0.1, -0.05) is 12.1 Å². The van der Waals surface area contributed by atoms with Crippen LogP contribution < -0.4 is 11.1 Å². The molecule has 3 N–H and O–H groups in total. The zero-order valence-electron chi connectivity index (χ0n) is 11.2. The Bertz CT molecular complexity index is 656. The quantitative estimate of drug-likeness (QED) is 0.660. The number of nitrogen functional groups attached to an aromatic ring is 1. The average molecular weight is 335 g/mol. The van der Waals surface area contributed by atoms with Crippen molar-refractivity contribution in [3.05, 3.63) is 52.0 Å². The van der Waals surface area contributed by atoms with Crippen LogP contribution in [0.3, 0.4) is 0 Å². The van der Waals surface area contributed by atoms with Crippen LogP contribution in [0.1, 0.15) is 15.9 Å². The van der Waals surface area contributed by atoms with Crippen LogP contribution in [0.25, 0.3) is 0 Å². The summed E-state index contributed by atoms with van der Waals surface area (Å²) in [6, 6.07) is 11.0. The number of ether oxygens (including phenoxy) is 1. The fraction of sp³-hybridized carbons (Fsp3) is 0.133. The number of hydrogen-bond acceptors (Lipinski definition) is 4. The predicted molar refractivity (Wildman–Crippen MR) is 84.4 cm³/mol. The maximum atomic E-state index is 11.4. The van der Waals surface area contributed by atoms with E-state index < -0.39 is 5.97 Å². The van der Waals surface area contributed by atoms with Crippen molar-refractivity contribution in [2.75, 3.05) is 18.2 Å². The minimum Gasteiger partial charge on any atom is -0.465 e. The number of methoxy groups -OCH3 is 1. The summed E-state index contributed by atoms with van der Waals surface area (Å²) < 4.78 is 5.64. The summed E-state index contributed by atoms with van der Waals surface area (Å²) >= 11 is 3.53. The molecule has 0 aliphatic rings. The normalized spacial score (nSPS) is 10.2. The van der Waals surface area contributed by atoms with Crippen molar-refractivity contribution in [3.63, 3.8) is 0 Å². The van der Waals surface area contributed by atoms with Gasteiger partial charge >= 0.3 is 5.97 Å². The Labute approximate surface area is 126 Å². The predicted octanol–water partition coefficient (Wildman–Crippen LogP) is 3.87. The molecular weight excluding hydrogens is 320 g/mol. The van der Waals surface area contributed by atoms with Gasteiger partial charge in [0.1, 0.15) is 0 Å². The molecule has 2 aromatic carbocycles. The smallest absolute Gasteiger partial charge is 0.337 e. The summed E-state index contributed by atoms with van der Waals surface area (Å²) in [4.78, 5) is 11.4. The number of carbonyl (C=O) groups excluding carboxylic acids is 1. The van der Waals surface area contributed by atoms with Gasteiger partial charge in [0, 0.05) is 4.47 Å². The molecule has 0 saturated carbocycles. The fourth-order valence-electron chi connectivity index (χ4n) is 1.81. The number of carbonyl (C=O) groups is 1. The third-order valence-electron chi connectivity index (χ3n) is 2.93. The lowest BCUT2D eigenvalue weighted by Gasteiger charge is -2.13. The molecule has 5 heteroatoms. The molecule has 0 unspecified atom stereocenters. The highest BCUT2D eigenvalue weighted by atomic mass is 79.9. The Kier molecular flexibility index (Phi) is 4.29. The van der Waals surface area contributed by atoms with Gasteiger partial charge in [0.25, 0.3) is 0 Å². The Hall–Kier alpha value is -2.01. The van der Waals surface area contributed by atoms with Crippen LogP contribution in [0, 0.1) is 6.92 Å². The second kappa shape index (κ2) is 5.96. The molecule has 20 heavy (non-hydrogen) atoms. The number of nitrogens with one attached hydrogen (secondary N) is 1. The zero-order chi connectivity index (χ0) is 14.7. The van der Waals surface area contributed by atoms with E-state index in [1.54, 1.807) is 18.2 Å². The molecule has 0 spiro atoms. The van der Waals surface area contributed by atoms with Crippen LogP contribution >= 0.6 is 15.9 Å². The summed E-state index contributed by atoms with van der Waals surface area (Å²) in [5, 5.41) is 3.24. The number of aryl methyl sites for hydroxylation is 1. The number of anilines is 3. The van der Waals surface area contributed by atoms with Crippen LogP contribution in [0.2, 0.25) is 0 Å². The van der Waals surface area contributed by atoms with E-state index in [1.807, 2.05) is 25.1 Å². The van der Waals surface area contributed by atoms with Gasteiger partial charge in [-0.3, -0.25) is 0 Å². The van der Waals surface area contributed by atoms with Crippen LogP contribution in [0.4, 0.5) is 17.1 Å². The maximum Gasteiger partial charge on any atom is 0.337 e. The Morgan fingerprint density at radius 3 is 2.65 bits per heavy atom. The molecule has 2 aromatic rings. The van der Waals surface area contributed by atoms with Gasteiger partial charge < -0.3 is 15.8 Å². The fourth-order valence-corrected chi connectivity index (χ4v) is 2.17. The second-order valence-corrected chi connectivity index (χ2v) is 5.15. The number of benzene rings is 2. The van der Waals surface area contributed by atoms with E-state index in [9.17, 15) is 4.79 Å². The second-order valence-electron chi connectivity index (χ2n) is 4.36. The summed E-state index contributed by atoms with van der Waals surface area (Å²) in [5.74, 6) is -0.403. The molecule has 0 radical (unpaired) electrons. The third-order valence-corrected chi connectivity index (χ3v) is 3.99. The lowest BCUT2D eigenvalue weighted by Crippen LogP contribution is -2.04. The van der Waals surface area contributed by atoms with E-state index in [0.29, 0.717) is 11.3 Å². The molecule has 0 atom stereocenters. The minimum absolute atomic E-state index is 0.403. The van der Waals surface area contributed by atoms with Gasteiger partial charge in [0.15, 0.2) is 0 Å². The van der Waals surface area contributed by atoms with Crippen LogP contribution in [-0.2, 0) is 4.74 Å². The number of hydrogen-bond donors (Lipinski definition) is 2. The molecule has 0 aromatic heterocycles. The summed E-state index contributed by atoms with van der Waals surface area (Å²) in [6.07, 6.45) is 0. The molecule has 0 aliphatic heterocycles. The number of rotatable bonds is 3. The van der Waals surface area contributed by atoms with Crippen LogP contribution in [0.15, 0.2) is 40.9 Å². The first-order chi connectivity index (χ1) is 9.52. The Balaban J connectivity index is 2.30. The number of esters is 1. The van der Waals surface area contributed by atoms with E-state index in [0.717, 1.165) is 21.4 Å². The van der Waals surface area contributed by atoms with Gasteiger partial charge in [-0.15, -0.1) is 0 Å². The highest BCUT2D eigenvalue weighted by molar-refractivity contribution is 9.10. The van der Waals surface area contributed by atoms with Gasteiger partial charge in [0.2, 0.25) is 0 Å². The van der Waals surface area contributed by atoms with Crippen LogP contribution in [0.5, 0.6) is 0 Å². The van der Waals surface area contributed by atoms with Crippen molar-refractivity contribution in [1.82, 2.24) is 0 Å². The molecule has 0 amide bonds. The Morgan fingerprint density at radius 2 is 2.00 bits per heavy atom. The first kappa shape index (κ1) is 14.4. The van der Waals surface area contributed by atoms with E-state index >= 15 is 0 Å². The topological polar surface area (TPSA) is 64.3 Å². The summed E-state index contributed by atoms with van der Waals surface area (Å²) in [5.41, 5.74) is 9.66. The first-order valence-corrected chi connectivity index (χ1v) is 6.82. The van der Waals surface area contributed by atoms with Gasteiger partial charge in [0.05, 0.1) is 29.7 Å². The Morgan fingerprint density at radius 1 is 1.25 bits per heavy atom. The van der Waals surface area contributed by atoms with Gasteiger partial charge in [-0.2, -0.15) is 0 Å². The van der Waals surface area contributed by atoms with E-state index in [4.69, 9.17) is 5.73 Å². The van der Waals surface area contributed by atoms with Crippen molar-refractivity contribution >= 4 is 39.0 Å². The van der Waals surface area contributed by atoms with Crippen molar-refractivity contribution in [2.24, 2.45) is 0 Å². The van der Waals surface area contributed by atoms with E-state index in [2.05, 4.69) is 26.0 Å². The molecule has 0 bridgehead atoms. The number of nitrogens with two attached hydrogens (primary N) is 1. The monoisotopic (exact) mass is 334 g/mol. The van der Waals surface area contributed by atoms with Gasteiger partial charge in [-0.25, -0.2) is 4.79 Å². The maximum absolute atomic E-state index is 11.4.